The van der Waals surface area contributed by atoms with E-state index in [4.69, 9.17) is 5.11 Å². The van der Waals surface area contributed by atoms with Gasteiger partial charge in [0.2, 0.25) is 0 Å². The first-order valence-electron chi connectivity index (χ1n) is 3.32. The van der Waals surface area contributed by atoms with Crippen molar-refractivity contribution in [1.29, 1.82) is 0 Å². The van der Waals surface area contributed by atoms with Crippen LogP contribution in [0.2, 0.25) is 0 Å². The molecule has 0 aliphatic rings. The lowest BCUT2D eigenvalue weighted by Gasteiger charge is -1.94. The molecule has 0 unspecified atom stereocenters. The number of pyridine rings is 1. The van der Waals surface area contributed by atoms with Crippen molar-refractivity contribution in [1.82, 2.24) is 4.98 Å². The number of hydrogen-bond acceptors (Lipinski definition) is 2. The molecular weight excluding hydrogens is 138 g/mol. The van der Waals surface area contributed by atoms with Crippen molar-refractivity contribution < 1.29 is 5.11 Å². The van der Waals surface area contributed by atoms with Gasteiger partial charge >= 0.3 is 0 Å². The van der Waals surface area contributed by atoms with Gasteiger partial charge in [0, 0.05) is 5.39 Å². The lowest BCUT2D eigenvalue weighted by atomic mass is 10.2. The predicted octanol–water partition coefficient (Wildman–Crippen LogP) is 1.74. The van der Waals surface area contributed by atoms with Gasteiger partial charge in [0.15, 0.2) is 0 Å². The first kappa shape index (κ1) is 6.16. The zero-order valence-corrected chi connectivity index (χ0v) is 5.78. The highest BCUT2D eigenvalue weighted by Gasteiger charge is 1.92. The van der Waals surface area contributed by atoms with Crippen LogP contribution in [0.25, 0.3) is 10.9 Å². The van der Waals surface area contributed by atoms with Crippen molar-refractivity contribution in [2.75, 3.05) is 0 Å². The third-order valence-corrected chi connectivity index (χ3v) is 1.53. The second-order valence-corrected chi connectivity index (χ2v) is 2.32. The van der Waals surface area contributed by atoms with Crippen molar-refractivity contribution >= 4 is 10.9 Å². The van der Waals surface area contributed by atoms with E-state index in [2.05, 4.69) is 11.2 Å². The maximum Gasteiger partial charge on any atom is 0.116 e. The van der Waals surface area contributed by atoms with Crippen LogP contribution in [0.4, 0.5) is 0 Å². The summed E-state index contributed by atoms with van der Waals surface area (Å²) in [4.78, 5) is 3.99. The Kier molecular flexibility index (Phi) is 1.25. The van der Waals surface area contributed by atoms with E-state index in [1.54, 1.807) is 24.3 Å². The molecule has 0 aliphatic carbocycles. The molecule has 1 radical (unpaired) electrons. The Morgan fingerprint density at radius 2 is 2.18 bits per heavy atom. The number of hydrogen-bond donors (Lipinski definition) is 1. The summed E-state index contributed by atoms with van der Waals surface area (Å²) in [5.74, 6) is 0.269. The summed E-state index contributed by atoms with van der Waals surface area (Å²) in [6.45, 7) is 0. The van der Waals surface area contributed by atoms with Gasteiger partial charge in [-0.1, -0.05) is 6.07 Å². The Balaban J connectivity index is 2.83. The Morgan fingerprint density at radius 3 is 3.09 bits per heavy atom. The van der Waals surface area contributed by atoms with Gasteiger partial charge in [-0.3, -0.25) is 0 Å². The normalized spacial score (nSPS) is 10.2. The first-order valence-corrected chi connectivity index (χ1v) is 3.32. The van der Waals surface area contributed by atoms with E-state index in [-0.39, 0.29) is 5.75 Å². The Bertz CT molecular complexity index is 384. The molecule has 11 heavy (non-hydrogen) atoms. The zero-order chi connectivity index (χ0) is 7.68. The van der Waals surface area contributed by atoms with E-state index in [1.165, 1.54) is 0 Å². The van der Waals surface area contributed by atoms with Gasteiger partial charge in [0.1, 0.15) is 5.75 Å². The van der Waals surface area contributed by atoms with Crippen molar-refractivity contribution in [3.8, 4) is 5.75 Å². The predicted molar refractivity (Wildman–Crippen MR) is 42.2 cm³/mol. The van der Waals surface area contributed by atoms with Crippen LogP contribution >= 0.6 is 0 Å². The van der Waals surface area contributed by atoms with Crippen molar-refractivity contribution in [3.05, 3.63) is 36.5 Å². The summed E-state index contributed by atoms with van der Waals surface area (Å²) in [5, 5.41) is 10.0. The smallest absolute Gasteiger partial charge is 0.116 e. The fourth-order valence-corrected chi connectivity index (χ4v) is 1.01. The SMILES string of the molecule is Oc1ccc2n[c]ccc2c1. The van der Waals surface area contributed by atoms with Crippen LogP contribution in [-0.4, -0.2) is 10.1 Å². The number of rotatable bonds is 0. The molecule has 0 atom stereocenters. The van der Waals surface area contributed by atoms with Crippen molar-refractivity contribution in [2.45, 2.75) is 0 Å². The van der Waals surface area contributed by atoms with E-state index in [1.807, 2.05) is 6.07 Å². The summed E-state index contributed by atoms with van der Waals surface area (Å²) >= 11 is 0. The van der Waals surface area contributed by atoms with Gasteiger partial charge in [-0.2, -0.15) is 0 Å². The largest absolute Gasteiger partial charge is 0.508 e. The van der Waals surface area contributed by atoms with Crippen LogP contribution in [0.5, 0.6) is 5.75 Å². The molecule has 0 fully saturated rings. The standard InChI is InChI=1S/C9H6NO/c11-8-3-4-9-7(6-8)2-1-5-10-9/h1-4,6,11H. The van der Waals surface area contributed by atoms with E-state index in [9.17, 15) is 0 Å². The van der Waals surface area contributed by atoms with Crippen molar-refractivity contribution in [2.24, 2.45) is 0 Å². The number of nitrogens with zero attached hydrogens (tertiary/aromatic N) is 1. The molecular formula is C9H6NO. The molecule has 2 aromatic rings. The molecule has 0 saturated carbocycles. The Labute approximate surface area is 64.1 Å². The lowest BCUT2D eigenvalue weighted by molar-refractivity contribution is 0.476. The number of benzene rings is 1. The van der Waals surface area contributed by atoms with Crippen molar-refractivity contribution in [3.63, 3.8) is 0 Å². The minimum atomic E-state index is 0.269. The third-order valence-electron chi connectivity index (χ3n) is 1.53. The molecule has 1 N–H and O–H groups in total. The fraction of sp³-hybridized carbons (Fsp3) is 0. The monoisotopic (exact) mass is 144 g/mol. The third kappa shape index (κ3) is 1.03. The average molecular weight is 144 g/mol. The average Bonchev–Trinajstić information content (AvgIpc) is 2.04. The molecule has 0 saturated heterocycles. The molecule has 1 aromatic heterocycles. The Morgan fingerprint density at radius 1 is 1.27 bits per heavy atom. The van der Waals surface area contributed by atoms with Gasteiger partial charge in [-0.15, -0.1) is 0 Å². The fourth-order valence-electron chi connectivity index (χ4n) is 1.01. The van der Waals surface area contributed by atoms with Gasteiger partial charge in [0.05, 0.1) is 11.7 Å². The molecule has 0 aliphatic heterocycles. The van der Waals surface area contributed by atoms with Crippen LogP contribution in [0.15, 0.2) is 30.3 Å². The highest BCUT2D eigenvalue weighted by atomic mass is 16.3. The molecule has 0 amide bonds. The first-order chi connectivity index (χ1) is 5.36. The minimum Gasteiger partial charge on any atom is -0.508 e. The van der Waals surface area contributed by atoms with Crippen LogP contribution in [0.3, 0.4) is 0 Å². The van der Waals surface area contributed by atoms with Gasteiger partial charge in [-0.25, -0.2) is 4.98 Å². The van der Waals surface area contributed by atoms with E-state index >= 15 is 0 Å². The van der Waals surface area contributed by atoms with Crippen LogP contribution in [0, 0.1) is 6.20 Å². The molecule has 0 bridgehead atoms. The highest BCUT2D eigenvalue weighted by Crippen LogP contribution is 2.16. The van der Waals surface area contributed by atoms with E-state index < -0.39 is 0 Å². The number of aromatic nitrogens is 1. The quantitative estimate of drug-likeness (QED) is 0.611. The summed E-state index contributed by atoms with van der Waals surface area (Å²) in [5.41, 5.74) is 0.852. The second-order valence-electron chi connectivity index (χ2n) is 2.32. The van der Waals surface area contributed by atoms with Crippen LogP contribution in [-0.2, 0) is 0 Å². The number of fused-ring (bicyclic) bond motifs is 1. The number of aromatic hydroxyl groups is 1. The van der Waals surface area contributed by atoms with Gasteiger partial charge in [-0.05, 0) is 24.3 Å². The molecule has 2 heteroatoms. The number of phenols is 1. The molecule has 2 rings (SSSR count). The molecule has 2 nitrogen and oxygen atoms in total. The minimum absolute atomic E-state index is 0.269. The number of phenolic OH excluding ortho intramolecular Hbond substituents is 1. The second kappa shape index (κ2) is 2.23. The van der Waals surface area contributed by atoms with E-state index in [0.717, 1.165) is 10.9 Å². The van der Waals surface area contributed by atoms with Gasteiger partial charge < -0.3 is 5.11 Å². The molecule has 1 aromatic carbocycles. The Hall–Kier alpha value is -1.57. The maximum absolute atomic E-state index is 9.09. The van der Waals surface area contributed by atoms with Gasteiger partial charge in [0.25, 0.3) is 0 Å². The summed E-state index contributed by atoms with van der Waals surface area (Å²) in [6.07, 6.45) is 2.72. The topological polar surface area (TPSA) is 33.1 Å². The summed E-state index contributed by atoms with van der Waals surface area (Å²) in [7, 11) is 0. The highest BCUT2D eigenvalue weighted by molar-refractivity contribution is 5.79. The molecule has 0 spiro atoms. The van der Waals surface area contributed by atoms with E-state index in [0.29, 0.717) is 0 Å². The molecule has 53 valence electrons. The summed E-state index contributed by atoms with van der Waals surface area (Å²) < 4.78 is 0. The zero-order valence-electron chi connectivity index (χ0n) is 5.78. The summed E-state index contributed by atoms with van der Waals surface area (Å²) in [6, 6.07) is 8.64. The lowest BCUT2D eigenvalue weighted by Crippen LogP contribution is -1.75. The maximum atomic E-state index is 9.09. The van der Waals surface area contributed by atoms with Crippen LogP contribution < -0.4 is 0 Å². The van der Waals surface area contributed by atoms with Crippen LogP contribution in [0.1, 0.15) is 0 Å². The molecule has 1 heterocycles.